The summed E-state index contributed by atoms with van der Waals surface area (Å²) in [6, 6.07) is 2.62. The van der Waals surface area contributed by atoms with E-state index in [4.69, 9.17) is 9.47 Å². The third-order valence-electron chi connectivity index (χ3n) is 8.18. The minimum atomic E-state index is -0.778. The van der Waals surface area contributed by atoms with Crippen molar-refractivity contribution in [2.45, 2.75) is 103 Å². The van der Waals surface area contributed by atoms with Crippen LogP contribution >= 0.6 is 0 Å². The molecule has 1 aromatic rings. The van der Waals surface area contributed by atoms with Crippen LogP contribution in [0.2, 0.25) is 0 Å². The van der Waals surface area contributed by atoms with Crippen molar-refractivity contribution in [1.82, 2.24) is 0 Å². The largest absolute Gasteiger partial charge is 0.420 e. The van der Waals surface area contributed by atoms with Gasteiger partial charge in [0.05, 0.1) is 5.92 Å². The highest BCUT2D eigenvalue weighted by atomic mass is 19.1. The van der Waals surface area contributed by atoms with Gasteiger partial charge in [-0.15, -0.1) is 0 Å². The van der Waals surface area contributed by atoms with Gasteiger partial charge in [0.1, 0.15) is 0 Å². The Hall–Kier alpha value is -1.49. The van der Waals surface area contributed by atoms with Crippen molar-refractivity contribution in [2.75, 3.05) is 13.7 Å². The zero-order chi connectivity index (χ0) is 24.3. The van der Waals surface area contributed by atoms with Gasteiger partial charge in [-0.3, -0.25) is 4.79 Å². The Kier molecular flexibility index (Phi) is 11.3. The maximum absolute atomic E-state index is 14.6. The van der Waals surface area contributed by atoms with Gasteiger partial charge in [-0.2, -0.15) is 0 Å². The Morgan fingerprint density at radius 3 is 2.06 bits per heavy atom. The van der Waals surface area contributed by atoms with Gasteiger partial charge in [0, 0.05) is 13.7 Å². The molecular weight excluding hydrogens is 434 g/mol. The molecule has 34 heavy (non-hydrogen) atoms. The first-order valence-electron chi connectivity index (χ1n) is 13.7. The lowest BCUT2D eigenvalue weighted by atomic mass is 9.69. The maximum Gasteiger partial charge on any atom is 0.314 e. The van der Waals surface area contributed by atoms with Gasteiger partial charge in [0.2, 0.25) is 5.75 Å². The number of carbonyl (C=O) groups is 1. The average molecular weight is 479 g/mol. The van der Waals surface area contributed by atoms with E-state index in [1.165, 1.54) is 50.7 Å². The topological polar surface area (TPSA) is 35.5 Å². The molecule has 0 bridgehead atoms. The van der Waals surface area contributed by atoms with Crippen LogP contribution in [0.1, 0.15) is 102 Å². The molecule has 0 N–H and O–H groups in total. The smallest absolute Gasteiger partial charge is 0.314 e. The fraction of sp³-hybridized carbons (Fsp3) is 0.759. The van der Waals surface area contributed by atoms with Crippen molar-refractivity contribution in [3.63, 3.8) is 0 Å². The van der Waals surface area contributed by atoms with Gasteiger partial charge in [-0.25, -0.2) is 8.78 Å². The summed E-state index contributed by atoms with van der Waals surface area (Å²) in [6.45, 7) is 3.01. The number of hydrogen-bond acceptors (Lipinski definition) is 3. The van der Waals surface area contributed by atoms with Gasteiger partial charge in [-0.05, 0) is 93.2 Å². The summed E-state index contributed by atoms with van der Waals surface area (Å²) in [5.74, 6) is -0.441. The number of esters is 1. The van der Waals surface area contributed by atoms with E-state index in [1.807, 2.05) is 0 Å². The average Bonchev–Trinajstić information content (AvgIpc) is 2.84. The summed E-state index contributed by atoms with van der Waals surface area (Å²) >= 11 is 0. The molecule has 0 heterocycles. The van der Waals surface area contributed by atoms with E-state index in [9.17, 15) is 13.6 Å². The van der Waals surface area contributed by atoms with Crippen LogP contribution in [0, 0.1) is 35.3 Å². The molecular formula is C29H44F2O3. The summed E-state index contributed by atoms with van der Waals surface area (Å²) in [6.07, 6.45) is 16.1. The molecule has 192 valence electrons. The predicted octanol–water partition coefficient (Wildman–Crippen LogP) is 8.03. The number of ether oxygens (including phenoxy) is 2. The molecule has 0 spiro atoms. The highest BCUT2D eigenvalue weighted by Crippen LogP contribution is 2.42. The Balaban J connectivity index is 1.43. The van der Waals surface area contributed by atoms with Crippen LogP contribution in [0.15, 0.2) is 12.1 Å². The maximum atomic E-state index is 14.6. The number of hydrogen-bond donors (Lipinski definition) is 0. The summed E-state index contributed by atoms with van der Waals surface area (Å²) < 4.78 is 39.4. The number of carbonyl (C=O) groups excluding carboxylic acids is 1. The van der Waals surface area contributed by atoms with Gasteiger partial charge < -0.3 is 9.47 Å². The minimum absolute atomic E-state index is 0.252. The van der Waals surface area contributed by atoms with Crippen molar-refractivity contribution >= 4 is 5.97 Å². The molecule has 0 saturated heterocycles. The van der Waals surface area contributed by atoms with Crippen molar-refractivity contribution < 1.29 is 23.0 Å². The molecule has 2 aliphatic carbocycles. The number of rotatable bonds is 12. The summed E-state index contributed by atoms with van der Waals surface area (Å²) in [5, 5.41) is 0. The minimum Gasteiger partial charge on any atom is -0.420 e. The molecule has 0 radical (unpaired) electrons. The third-order valence-corrected chi connectivity index (χ3v) is 8.18. The summed E-state index contributed by atoms with van der Waals surface area (Å²) in [4.78, 5) is 12.7. The Bertz CT molecular complexity index is 727. The van der Waals surface area contributed by atoms with E-state index in [2.05, 4.69) is 6.92 Å². The van der Waals surface area contributed by atoms with Gasteiger partial charge in [0.25, 0.3) is 0 Å². The fourth-order valence-corrected chi connectivity index (χ4v) is 6.15. The number of methoxy groups -OCH3 is 1. The van der Waals surface area contributed by atoms with Crippen molar-refractivity contribution in [2.24, 2.45) is 23.7 Å². The van der Waals surface area contributed by atoms with E-state index in [0.29, 0.717) is 17.9 Å². The monoisotopic (exact) mass is 478 g/mol. The Morgan fingerprint density at radius 2 is 1.47 bits per heavy atom. The van der Waals surface area contributed by atoms with Gasteiger partial charge >= 0.3 is 5.97 Å². The van der Waals surface area contributed by atoms with E-state index >= 15 is 0 Å². The molecule has 2 fully saturated rings. The Labute approximate surface area is 205 Å². The zero-order valence-corrected chi connectivity index (χ0v) is 21.3. The lowest BCUT2D eigenvalue weighted by molar-refractivity contribution is -0.140. The SMILES string of the molecule is CCCC1CCC(C2CCC(C(=O)Oc3c(F)cc(CCCCCCOC)cc3F)CC2)CC1. The lowest BCUT2D eigenvalue weighted by Crippen LogP contribution is -2.30. The highest BCUT2D eigenvalue weighted by Gasteiger charge is 2.34. The standard InChI is InChI=1S/C29H44F2O3/c1-3-8-21-10-12-23(13-11-21)24-14-16-25(17-15-24)29(32)34-28-26(30)19-22(20-27(28)31)9-6-4-5-7-18-33-2/h19-21,23-25H,3-18H2,1-2H3. The molecule has 0 atom stereocenters. The highest BCUT2D eigenvalue weighted by molar-refractivity contribution is 5.75. The molecule has 2 aliphatic rings. The molecule has 0 aliphatic heterocycles. The fourth-order valence-electron chi connectivity index (χ4n) is 6.15. The molecule has 0 amide bonds. The van der Waals surface area contributed by atoms with E-state index < -0.39 is 23.4 Å². The second-order valence-corrected chi connectivity index (χ2v) is 10.6. The Morgan fingerprint density at radius 1 is 0.882 bits per heavy atom. The molecule has 2 saturated carbocycles. The molecule has 0 aromatic heterocycles. The second-order valence-electron chi connectivity index (χ2n) is 10.6. The van der Waals surface area contributed by atoms with Crippen LogP contribution in [0.4, 0.5) is 8.78 Å². The van der Waals surface area contributed by atoms with Crippen LogP contribution in [0.5, 0.6) is 5.75 Å². The van der Waals surface area contributed by atoms with E-state index in [-0.39, 0.29) is 5.92 Å². The normalized spacial score (nSPS) is 25.3. The van der Waals surface area contributed by atoms with E-state index in [1.54, 1.807) is 7.11 Å². The van der Waals surface area contributed by atoms with Crippen LogP contribution in [-0.2, 0) is 16.0 Å². The third kappa shape index (κ3) is 8.03. The first-order chi connectivity index (χ1) is 16.5. The van der Waals surface area contributed by atoms with Crippen LogP contribution in [0.3, 0.4) is 0 Å². The quantitative estimate of drug-likeness (QED) is 0.173. The molecule has 5 heteroatoms. The summed E-state index contributed by atoms with van der Waals surface area (Å²) in [5.41, 5.74) is 0.607. The van der Waals surface area contributed by atoms with Crippen molar-refractivity contribution in [3.05, 3.63) is 29.3 Å². The zero-order valence-electron chi connectivity index (χ0n) is 21.3. The number of benzene rings is 1. The molecule has 3 nitrogen and oxygen atoms in total. The van der Waals surface area contributed by atoms with E-state index in [0.717, 1.165) is 69.8 Å². The first kappa shape index (κ1) is 27.1. The number of unbranched alkanes of at least 4 members (excludes halogenated alkanes) is 3. The molecule has 3 rings (SSSR count). The number of halogens is 2. The van der Waals surface area contributed by atoms with Gasteiger partial charge in [0.15, 0.2) is 11.6 Å². The van der Waals surface area contributed by atoms with Crippen LogP contribution in [0.25, 0.3) is 0 Å². The predicted molar refractivity (Wildman–Crippen MR) is 132 cm³/mol. The van der Waals surface area contributed by atoms with Crippen molar-refractivity contribution in [1.29, 1.82) is 0 Å². The number of aryl methyl sites for hydroxylation is 1. The second kappa shape index (κ2) is 14.2. The van der Waals surface area contributed by atoms with Crippen LogP contribution < -0.4 is 4.74 Å². The lowest BCUT2D eigenvalue weighted by Gasteiger charge is -2.37. The first-order valence-corrected chi connectivity index (χ1v) is 13.7. The van der Waals surface area contributed by atoms with Crippen LogP contribution in [-0.4, -0.2) is 19.7 Å². The van der Waals surface area contributed by atoms with Crippen molar-refractivity contribution in [3.8, 4) is 5.75 Å². The molecule has 0 unspecified atom stereocenters. The molecule has 1 aromatic carbocycles. The summed E-state index contributed by atoms with van der Waals surface area (Å²) in [7, 11) is 1.69. The van der Waals surface area contributed by atoms with Gasteiger partial charge in [-0.1, -0.05) is 45.4 Å².